The van der Waals surface area contributed by atoms with Gasteiger partial charge in [-0.15, -0.1) is 0 Å². The normalized spacial score (nSPS) is 21.9. The van der Waals surface area contributed by atoms with E-state index in [0.717, 1.165) is 82.4 Å². The fourth-order valence-electron chi connectivity index (χ4n) is 7.79. The highest BCUT2D eigenvalue weighted by molar-refractivity contribution is 5.92. The number of pyridine rings is 1. The number of piperidine rings is 3. The molecule has 1 aromatic carbocycles. The van der Waals surface area contributed by atoms with E-state index in [0.29, 0.717) is 36.0 Å². The summed E-state index contributed by atoms with van der Waals surface area (Å²) in [4.78, 5) is 52.0. The smallest absolute Gasteiger partial charge is 0.337 e. The molecule has 4 aliphatic rings. The van der Waals surface area contributed by atoms with Gasteiger partial charge in [0.25, 0.3) is 0 Å². The second-order valence-electron chi connectivity index (χ2n) is 12.7. The van der Waals surface area contributed by atoms with Crippen LogP contribution in [0.2, 0.25) is 0 Å². The van der Waals surface area contributed by atoms with Gasteiger partial charge in [0.15, 0.2) is 6.04 Å². The van der Waals surface area contributed by atoms with Crippen molar-refractivity contribution < 1.29 is 18.9 Å². The number of hydrogen-bond donors (Lipinski definition) is 2. The van der Waals surface area contributed by atoms with Gasteiger partial charge in [-0.05, 0) is 55.9 Å². The molecule has 3 fully saturated rings. The number of carbonyl (C=O) groups excluding carboxylic acids is 3. The van der Waals surface area contributed by atoms with Crippen LogP contribution in [0.3, 0.4) is 0 Å². The summed E-state index contributed by atoms with van der Waals surface area (Å²) in [6.45, 7) is 5.34. The monoisotopic (exact) mass is 588 g/mol. The molecule has 10 nitrogen and oxygen atoms in total. The third-order valence-corrected chi connectivity index (χ3v) is 10.3. The molecule has 1 aromatic heterocycles. The van der Waals surface area contributed by atoms with Gasteiger partial charge in [-0.3, -0.25) is 9.28 Å². The number of nitrogens with one attached hydrogen (secondary N) is 2. The fourth-order valence-corrected chi connectivity index (χ4v) is 7.79. The Balaban J connectivity index is 1.17. The molecule has 0 aliphatic carbocycles. The van der Waals surface area contributed by atoms with E-state index in [2.05, 4.69) is 21.7 Å². The first-order valence-electron chi connectivity index (χ1n) is 16.2. The number of urea groups is 1. The third-order valence-electron chi connectivity index (χ3n) is 10.3. The molecule has 2 N–H and O–H groups in total. The van der Waals surface area contributed by atoms with Crippen molar-refractivity contribution in [2.75, 3.05) is 56.5 Å². The van der Waals surface area contributed by atoms with Crippen molar-refractivity contribution in [1.82, 2.24) is 20.1 Å². The predicted molar refractivity (Wildman–Crippen MR) is 166 cm³/mol. The average molecular weight is 589 g/mol. The van der Waals surface area contributed by atoms with E-state index in [1.165, 1.54) is 0 Å². The minimum absolute atomic E-state index is 0.00786. The topological polar surface area (TPSA) is 97.9 Å². The number of carbonyl (C=O) groups is 3. The minimum Gasteiger partial charge on any atom is -0.344 e. The van der Waals surface area contributed by atoms with Crippen molar-refractivity contribution in [1.29, 1.82) is 0 Å². The molecular weight excluding hydrogens is 542 g/mol. The maximum atomic E-state index is 14.8. The zero-order chi connectivity index (χ0) is 29.8. The van der Waals surface area contributed by atoms with Gasteiger partial charge in [0.05, 0.1) is 25.6 Å². The molecule has 0 radical (unpaired) electrons. The van der Waals surface area contributed by atoms with E-state index in [-0.39, 0.29) is 30.3 Å². The Kier molecular flexibility index (Phi) is 8.95. The van der Waals surface area contributed by atoms with Gasteiger partial charge in [-0.25, -0.2) is 14.6 Å². The van der Waals surface area contributed by atoms with Crippen LogP contribution in [0, 0.1) is 0 Å². The molecule has 4 amide bonds. The molecule has 1 unspecified atom stereocenters. The lowest BCUT2D eigenvalue weighted by Gasteiger charge is -2.48. The van der Waals surface area contributed by atoms with Gasteiger partial charge in [-0.2, -0.15) is 0 Å². The van der Waals surface area contributed by atoms with Gasteiger partial charge in [0.2, 0.25) is 5.91 Å². The van der Waals surface area contributed by atoms with Crippen LogP contribution in [-0.4, -0.2) is 102 Å². The average Bonchev–Trinajstić information content (AvgIpc) is 3.07. The summed E-state index contributed by atoms with van der Waals surface area (Å²) < 4.78 is 0.490. The Morgan fingerprint density at radius 2 is 1.72 bits per heavy atom. The van der Waals surface area contributed by atoms with E-state index in [1.54, 1.807) is 6.20 Å². The van der Waals surface area contributed by atoms with Crippen LogP contribution < -0.4 is 15.5 Å². The number of quaternary nitrogens is 1. The minimum atomic E-state index is -0.586. The molecule has 43 heavy (non-hydrogen) atoms. The first-order valence-corrected chi connectivity index (χ1v) is 16.2. The van der Waals surface area contributed by atoms with Crippen molar-refractivity contribution in [2.24, 2.45) is 0 Å². The van der Waals surface area contributed by atoms with Crippen LogP contribution in [0.1, 0.15) is 56.9 Å². The third kappa shape index (κ3) is 6.13. The second kappa shape index (κ2) is 13.0. The summed E-state index contributed by atoms with van der Waals surface area (Å²) in [5.74, 6) is 0.893. The number of fused-ring (bicyclic) bond motifs is 1. The number of likely N-dealkylation sites (N-methyl/N-ethyl adjacent to an activating group) is 1. The number of anilines is 2. The summed E-state index contributed by atoms with van der Waals surface area (Å²) >= 11 is 0. The Hall–Kier alpha value is -3.50. The van der Waals surface area contributed by atoms with E-state index in [1.807, 2.05) is 58.1 Å². The predicted octanol–water partition coefficient (Wildman–Crippen LogP) is 3.59. The molecule has 10 heteroatoms. The lowest BCUT2D eigenvalue weighted by Crippen LogP contribution is -2.68. The molecule has 0 saturated carbocycles. The van der Waals surface area contributed by atoms with Crippen LogP contribution in [0.25, 0.3) is 0 Å². The maximum absolute atomic E-state index is 14.8. The first kappa shape index (κ1) is 29.6. The highest BCUT2D eigenvalue weighted by atomic mass is 16.2. The first-order chi connectivity index (χ1) is 21.0. The summed E-state index contributed by atoms with van der Waals surface area (Å²) in [6.07, 6.45) is 8.57. The molecule has 0 bridgehead atoms. The Morgan fingerprint density at radius 1 is 1.00 bits per heavy atom. The Labute approximate surface area is 255 Å². The van der Waals surface area contributed by atoms with Crippen molar-refractivity contribution in [3.8, 4) is 0 Å². The summed E-state index contributed by atoms with van der Waals surface area (Å²) in [5, 5.41) is 6.49. The van der Waals surface area contributed by atoms with Gasteiger partial charge in [0.1, 0.15) is 5.82 Å². The SMILES string of the molecule is CN(c1ccccn1)C(CC(=O)N1CCC(N2Cc3ccccc3NC2=O)CC1)C(=O)[N+]1(C2CCNCC2)CCCCC1. The van der Waals surface area contributed by atoms with Gasteiger partial charge in [0, 0.05) is 70.5 Å². The number of nitrogens with zero attached hydrogens (tertiary/aromatic N) is 5. The number of rotatable bonds is 7. The van der Waals surface area contributed by atoms with E-state index >= 15 is 0 Å². The van der Waals surface area contributed by atoms with Crippen LogP contribution in [0.5, 0.6) is 0 Å². The van der Waals surface area contributed by atoms with Crippen molar-refractivity contribution in [2.45, 2.75) is 76.0 Å². The van der Waals surface area contributed by atoms with Crippen LogP contribution in [0.15, 0.2) is 48.7 Å². The largest absolute Gasteiger partial charge is 0.344 e. The molecule has 4 aliphatic heterocycles. The van der Waals surface area contributed by atoms with Gasteiger partial charge >= 0.3 is 11.9 Å². The number of likely N-dealkylation sites (tertiary alicyclic amines) is 2. The summed E-state index contributed by atoms with van der Waals surface area (Å²) in [5.41, 5.74) is 1.99. The molecule has 2 aromatic rings. The molecule has 3 saturated heterocycles. The Bertz CT molecular complexity index is 1280. The fraction of sp³-hybridized carbons (Fsp3) is 0.576. The standard InChI is InChI=1S/C33H45N7O3/c1-37(30-11-5-6-16-35-30)29(32(42)40(21-7-2-8-22-40)27-12-17-34-18-13-27)23-31(41)38-19-14-26(15-20-38)39-24-25-9-3-4-10-28(25)36-33(39)43/h3-6,9-11,16,26-27,29,34H,2,7-8,12-15,17-24H2,1H3/p+1. The summed E-state index contributed by atoms with van der Waals surface area (Å²) in [6, 6.07) is 13.4. The zero-order valence-electron chi connectivity index (χ0n) is 25.4. The Morgan fingerprint density at radius 3 is 2.44 bits per heavy atom. The van der Waals surface area contributed by atoms with Crippen LogP contribution in [0.4, 0.5) is 16.3 Å². The second-order valence-corrected chi connectivity index (χ2v) is 12.7. The van der Waals surface area contributed by atoms with Crippen molar-refractivity contribution in [3.63, 3.8) is 0 Å². The number of amides is 4. The molecule has 5 heterocycles. The number of para-hydroxylation sites is 1. The van der Waals surface area contributed by atoms with E-state index in [4.69, 9.17) is 0 Å². The van der Waals surface area contributed by atoms with Crippen molar-refractivity contribution in [3.05, 3.63) is 54.2 Å². The molecular formula is C33H46N7O3+. The van der Waals surface area contributed by atoms with E-state index in [9.17, 15) is 14.4 Å². The molecule has 230 valence electrons. The number of benzene rings is 1. The maximum Gasteiger partial charge on any atom is 0.337 e. The van der Waals surface area contributed by atoms with Gasteiger partial charge < -0.3 is 25.3 Å². The number of hydrogen-bond acceptors (Lipinski definition) is 6. The number of aromatic nitrogens is 1. The highest BCUT2D eigenvalue weighted by Crippen LogP contribution is 2.32. The van der Waals surface area contributed by atoms with E-state index < -0.39 is 6.04 Å². The van der Waals surface area contributed by atoms with Crippen LogP contribution >= 0.6 is 0 Å². The van der Waals surface area contributed by atoms with Crippen molar-refractivity contribution >= 4 is 29.4 Å². The zero-order valence-corrected chi connectivity index (χ0v) is 25.4. The lowest BCUT2D eigenvalue weighted by molar-refractivity contribution is -0.886. The summed E-state index contributed by atoms with van der Waals surface area (Å²) in [7, 11) is 1.92. The molecule has 1 atom stereocenters. The molecule has 0 spiro atoms. The molecule has 6 rings (SSSR count). The lowest BCUT2D eigenvalue weighted by atomic mass is 9.93. The quantitative estimate of drug-likeness (QED) is 0.480. The van der Waals surface area contributed by atoms with Gasteiger partial charge in [-0.1, -0.05) is 24.3 Å². The van der Waals surface area contributed by atoms with Crippen LogP contribution in [-0.2, 0) is 16.1 Å². The highest BCUT2D eigenvalue weighted by Gasteiger charge is 2.50.